The Balaban J connectivity index is 4.14. The molecule has 0 aliphatic carbocycles. The summed E-state index contributed by atoms with van der Waals surface area (Å²) in [5.74, 6) is -0.989. The summed E-state index contributed by atoms with van der Waals surface area (Å²) in [6.07, 6.45) is 43.5. The van der Waals surface area contributed by atoms with E-state index in [-0.39, 0.29) is 19.4 Å². The van der Waals surface area contributed by atoms with Crippen molar-refractivity contribution < 1.29 is 37.9 Å². The molecule has 0 spiro atoms. The van der Waals surface area contributed by atoms with Gasteiger partial charge in [0, 0.05) is 12.8 Å². The first-order valence-electron chi connectivity index (χ1n) is 18.2. The summed E-state index contributed by atoms with van der Waals surface area (Å²) in [7, 11) is -4.77. The van der Waals surface area contributed by atoms with Gasteiger partial charge in [-0.2, -0.15) is 0 Å². The van der Waals surface area contributed by atoms with Crippen molar-refractivity contribution in [2.75, 3.05) is 13.2 Å². The number of phosphoric ester groups is 1. The van der Waals surface area contributed by atoms with Gasteiger partial charge in [0.1, 0.15) is 6.61 Å². The quantitative estimate of drug-likeness (QED) is 0.0309. The van der Waals surface area contributed by atoms with Crippen molar-refractivity contribution >= 4 is 19.8 Å². The van der Waals surface area contributed by atoms with E-state index in [1.54, 1.807) is 0 Å². The summed E-state index contributed by atoms with van der Waals surface area (Å²) in [5, 5.41) is 0. The Labute approximate surface area is 291 Å². The molecular formula is C39H65O8P. The average molecular weight is 693 g/mol. The van der Waals surface area contributed by atoms with E-state index in [1.165, 1.54) is 51.4 Å². The van der Waals surface area contributed by atoms with Gasteiger partial charge < -0.3 is 19.3 Å². The van der Waals surface area contributed by atoms with Crippen molar-refractivity contribution in [3.63, 3.8) is 0 Å². The van der Waals surface area contributed by atoms with E-state index in [0.29, 0.717) is 12.8 Å². The highest BCUT2D eigenvalue weighted by atomic mass is 31.2. The number of hydrogen-bond acceptors (Lipinski definition) is 6. The highest BCUT2D eigenvalue weighted by Gasteiger charge is 2.22. The molecule has 0 aromatic carbocycles. The molecule has 0 aliphatic rings. The summed E-state index contributed by atoms with van der Waals surface area (Å²) in [4.78, 5) is 42.6. The minimum absolute atomic E-state index is 0.0846. The molecule has 274 valence electrons. The maximum absolute atomic E-state index is 12.3. The largest absolute Gasteiger partial charge is 0.469 e. The molecule has 0 aliphatic heterocycles. The first-order chi connectivity index (χ1) is 23.3. The molecule has 0 amide bonds. The lowest BCUT2D eigenvalue weighted by molar-refractivity contribution is -0.161. The first-order valence-corrected chi connectivity index (χ1v) is 19.8. The van der Waals surface area contributed by atoms with Crippen molar-refractivity contribution in [3.05, 3.63) is 72.9 Å². The molecule has 0 bridgehead atoms. The molecule has 0 saturated carbocycles. The molecule has 0 fully saturated rings. The Hall–Kier alpha value is -2.51. The highest BCUT2D eigenvalue weighted by molar-refractivity contribution is 7.46. The van der Waals surface area contributed by atoms with Gasteiger partial charge in [-0.05, 0) is 51.4 Å². The van der Waals surface area contributed by atoms with Crippen LogP contribution in [0.25, 0.3) is 0 Å². The van der Waals surface area contributed by atoms with Crippen molar-refractivity contribution in [2.45, 2.75) is 148 Å². The van der Waals surface area contributed by atoms with Gasteiger partial charge in [0.2, 0.25) is 0 Å². The number of carbonyl (C=O) groups excluding carboxylic acids is 2. The summed E-state index contributed by atoms with van der Waals surface area (Å²) in [6, 6.07) is 0. The maximum Gasteiger partial charge on any atom is 0.469 e. The van der Waals surface area contributed by atoms with Gasteiger partial charge in [-0.25, -0.2) is 4.57 Å². The Kier molecular flexibility index (Phi) is 32.6. The van der Waals surface area contributed by atoms with Crippen LogP contribution in [-0.2, 0) is 28.2 Å². The second-order valence-electron chi connectivity index (χ2n) is 11.8. The van der Waals surface area contributed by atoms with Gasteiger partial charge in [0.15, 0.2) is 6.10 Å². The van der Waals surface area contributed by atoms with Crippen LogP contribution in [0.5, 0.6) is 0 Å². The Bertz CT molecular complexity index is 1010. The van der Waals surface area contributed by atoms with Gasteiger partial charge in [-0.3, -0.25) is 14.1 Å². The van der Waals surface area contributed by atoms with Gasteiger partial charge in [0.25, 0.3) is 0 Å². The van der Waals surface area contributed by atoms with Crippen LogP contribution >= 0.6 is 7.82 Å². The van der Waals surface area contributed by atoms with Crippen molar-refractivity contribution in [3.8, 4) is 0 Å². The average Bonchev–Trinajstić information content (AvgIpc) is 3.05. The maximum atomic E-state index is 12.3. The summed E-state index contributed by atoms with van der Waals surface area (Å²) < 4.78 is 26.2. The number of unbranched alkanes of at least 4 members (excludes halogenated alkanes) is 10. The SMILES string of the molecule is CC/C=C/C/C=C/C/C=C/C/C=C/C/C=C/C/C=C/CCC(=O)O[C@H](COC(=O)CCCCCCCCCCCCC)COP(=O)(O)O. The van der Waals surface area contributed by atoms with E-state index < -0.39 is 32.5 Å². The monoisotopic (exact) mass is 692 g/mol. The van der Waals surface area contributed by atoms with Crippen LogP contribution in [0.15, 0.2) is 72.9 Å². The number of carbonyl (C=O) groups is 2. The fourth-order valence-electron chi connectivity index (χ4n) is 4.57. The Morgan fingerprint density at radius 3 is 1.46 bits per heavy atom. The summed E-state index contributed by atoms with van der Waals surface area (Å²) >= 11 is 0. The van der Waals surface area contributed by atoms with E-state index in [4.69, 9.17) is 19.3 Å². The second kappa shape index (κ2) is 34.4. The van der Waals surface area contributed by atoms with Crippen molar-refractivity contribution in [1.29, 1.82) is 0 Å². The van der Waals surface area contributed by atoms with Crippen LogP contribution in [0.1, 0.15) is 142 Å². The lowest BCUT2D eigenvalue weighted by atomic mass is 10.1. The Morgan fingerprint density at radius 2 is 1.00 bits per heavy atom. The number of hydrogen-bond donors (Lipinski definition) is 2. The molecule has 0 radical (unpaired) electrons. The zero-order valence-electron chi connectivity index (χ0n) is 29.9. The van der Waals surface area contributed by atoms with E-state index in [1.807, 2.05) is 12.2 Å². The molecule has 0 aromatic heterocycles. The minimum Gasteiger partial charge on any atom is -0.462 e. The van der Waals surface area contributed by atoms with Crippen LogP contribution in [0, 0.1) is 0 Å². The lowest BCUT2D eigenvalue weighted by Crippen LogP contribution is -2.29. The minimum atomic E-state index is -4.77. The van der Waals surface area contributed by atoms with E-state index >= 15 is 0 Å². The number of ether oxygens (including phenoxy) is 2. The smallest absolute Gasteiger partial charge is 0.462 e. The zero-order chi connectivity index (χ0) is 35.4. The normalized spacial score (nSPS) is 13.3. The van der Waals surface area contributed by atoms with Crippen molar-refractivity contribution in [2.24, 2.45) is 0 Å². The molecule has 0 unspecified atom stereocenters. The fourth-order valence-corrected chi connectivity index (χ4v) is 4.93. The third-order valence-corrected chi connectivity index (χ3v) is 7.74. The summed E-state index contributed by atoms with van der Waals surface area (Å²) in [5.41, 5.74) is 0. The molecular weight excluding hydrogens is 627 g/mol. The van der Waals surface area contributed by atoms with E-state index in [9.17, 15) is 14.2 Å². The number of rotatable bonds is 32. The lowest BCUT2D eigenvalue weighted by Gasteiger charge is -2.18. The van der Waals surface area contributed by atoms with Gasteiger partial charge in [0.05, 0.1) is 6.61 Å². The second-order valence-corrected chi connectivity index (χ2v) is 13.1. The van der Waals surface area contributed by atoms with Crippen LogP contribution in [0.4, 0.5) is 0 Å². The molecule has 48 heavy (non-hydrogen) atoms. The Morgan fingerprint density at radius 1 is 0.562 bits per heavy atom. The number of phosphoric acid groups is 1. The third kappa shape index (κ3) is 36.3. The van der Waals surface area contributed by atoms with Crippen molar-refractivity contribution in [1.82, 2.24) is 0 Å². The molecule has 0 rings (SSSR count). The number of allylic oxidation sites excluding steroid dienone is 12. The predicted octanol–water partition coefficient (Wildman–Crippen LogP) is 10.7. The molecule has 0 saturated heterocycles. The molecule has 0 heterocycles. The topological polar surface area (TPSA) is 119 Å². The predicted molar refractivity (Wildman–Crippen MR) is 197 cm³/mol. The van der Waals surface area contributed by atoms with E-state index in [0.717, 1.165) is 51.4 Å². The summed E-state index contributed by atoms with van der Waals surface area (Å²) in [6.45, 7) is 3.47. The van der Waals surface area contributed by atoms with Crippen LogP contribution in [-0.4, -0.2) is 41.0 Å². The molecule has 9 heteroatoms. The zero-order valence-corrected chi connectivity index (χ0v) is 30.7. The molecule has 1 atom stereocenters. The van der Waals surface area contributed by atoms with Crippen LogP contribution in [0.3, 0.4) is 0 Å². The van der Waals surface area contributed by atoms with Gasteiger partial charge in [-0.15, -0.1) is 0 Å². The van der Waals surface area contributed by atoms with Crippen LogP contribution < -0.4 is 0 Å². The standard InChI is InChI=1S/C39H65O8P/c1-3-5-7-9-11-13-15-16-17-18-19-20-21-22-24-26-28-30-32-34-39(41)47-37(36-46-48(42,43)44)35-45-38(40)33-31-29-27-25-23-14-12-10-8-6-4-2/h5,7,11,13,16-17,19-20,22,24,28,30,37H,3-4,6,8-10,12,14-15,18,21,23,25-27,29,31-36H2,1-2H3,(H2,42,43,44)/b7-5+,13-11+,17-16+,20-19+,24-22+,30-28+/t37-/m1/s1. The molecule has 8 nitrogen and oxygen atoms in total. The van der Waals surface area contributed by atoms with Gasteiger partial charge in [-0.1, -0.05) is 151 Å². The highest BCUT2D eigenvalue weighted by Crippen LogP contribution is 2.35. The molecule has 0 aromatic rings. The fraction of sp³-hybridized carbons (Fsp3) is 0.641. The van der Waals surface area contributed by atoms with Gasteiger partial charge >= 0.3 is 19.8 Å². The molecule has 2 N–H and O–H groups in total. The first kappa shape index (κ1) is 45.5. The van der Waals surface area contributed by atoms with E-state index in [2.05, 4.69) is 79.1 Å². The van der Waals surface area contributed by atoms with Crippen LogP contribution in [0.2, 0.25) is 0 Å². The third-order valence-electron chi connectivity index (χ3n) is 7.25. The number of esters is 2.